The molecule has 3 aromatic rings. The highest BCUT2D eigenvalue weighted by Gasteiger charge is 2.12. The number of fused-ring (bicyclic) bond motifs is 1. The second-order valence-corrected chi connectivity index (χ2v) is 6.51. The number of anilines is 1. The van der Waals surface area contributed by atoms with Crippen LogP contribution in [-0.4, -0.2) is 28.4 Å². The molecule has 0 unspecified atom stereocenters. The maximum atomic E-state index is 12.6. The van der Waals surface area contributed by atoms with Gasteiger partial charge in [-0.15, -0.1) is 0 Å². The maximum Gasteiger partial charge on any atom is 0.261 e. The lowest BCUT2D eigenvalue weighted by Crippen LogP contribution is -2.28. The van der Waals surface area contributed by atoms with Crippen LogP contribution in [0.1, 0.15) is 10.4 Å². The summed E-state index contributed by atoms with van der Waals surface area (Å²) in [5.74, 6) is -0.641. The van der Waals surface area contributed by atoms with Gasteiger partial charge in [-0.1, -0.05) is 23.2 Å². The van der Waals surface area contributed by atoms with Gasteiger partial charge in [0.2, 0.25) is 5.91 Å². The third-order valence-corrected chi connectivity index (χ3v) is 4.32. The maximum absolute atomic E-state index is 12.6. The van der Waals surface area contributed by atoms with E-state index in [0.29, 0.717) is 21.8 Å². The lowest BCUT2D eigenvalue weighted by atomic mass is 10.2. The molecule has 0 aliphatic carbocycles. The van der Waals surface area contributed by atoms with Crippen molar-refractivity contribution in [3.05, 3.63) is 68.7 Å². The number of carbonyl (C=O) groups excluding carboxylic acids is 2. The van der Waals surface area contributed by atoms with Crippen LogP contribution in [0.2, 0.25) is 10.0 Å². The zero-order valence-electron chi connectivity index (χ0n) is 14.1. The summed E-state index contributed by atoms with van der Waals surface area (Å²) < 4.78 is 1.17. The van der Waals surface area contributed by atoms with E-state index in [0.717, 1.165) is 0 Å². The predicted octanol–water partition coefficient (Wildman–Crippen LogP) is 2.70. The zero-order chi connectivity index (χ0) is 19.6. The molecule has 0 atom stereocenters. The number of carbonyl (C=O) groups is 2. The molecule has 0 saturated carbocycles. The van der Waals surface area contributed by atoms with E-state index in [4.69, 9.17) is 23.2 Å². The van der Waals surface area contributed by atoms with E-state index in [2.05, 4.69) is 15.6 Å². The Balaban J connectivity index is 1.79. The molecule has 2 N–H and O–H groups in total. The van der Waals surface area contributed by atoms with E-state index in [1.54, 1.807) is 24.3 Å². The number of amides is 2. The Labute approximate surface area is 163 Å². The highest BCUT2D eigenvalue weighted by molar-refractivity contribution is 6.38. The van der Waals surface area contributed by atoms with Crippen molar-refractivity contribution in [2.24, 2.45) is 0 Å². The smallest absolute Gasteiger partial charge is 0.261 e. The summed E-state index contributed by atoms with van der Waals surface area (Å²) in [6, 6.07) is 9.33. The van der Waals surface area contributed by atoms with E-state index in [1.807, 2.05) is 0 Å². The number of nitrogens with zero attached hydrogens (tertiary/aromatic N) is 2. The predicted molar refractivity (Wildman–Crippen MR) is 104 cm³/mol. The van der Waals surface area contributed by atoms with E-state index >= 15 is 0 Å². The lowest BCUT2D eigenvalue weighted by Gasteiger charge is -2.09. The lowest BCUT2D eigenvalue weighted by molar-refractivity contribution is -0.116. The minimum absolute atomic E-state index is 0.223. The quantitative estimate of drug-likeness (QED) is 0.698. The molecule has 1 heterocycles. The molecule has 3 rings (SSSR count). The fourth-order valence-electron chi connectivity index (χ4n) is 2.51. The molecular weight excluding hydrogens is 391 g/mol. The van der Waals surface area contributed by atoms with E-state index in [-0.39, 0.29) is 22.9 Å². The molecule has 0 aliphatic rings. The van der Waals surface area contributed by atoms with Crippen molar-refractivity contribution in [3.63, 3.8) is 0 Å². The number of aromatic nitrogens is 2. The fraction of sp³-hybridized carbons (Fsp3) is 0.111. The van der Waals surface area contributed by atoms with Gasteiger partial charge in [0.25, 0.3) is 11.5 Å². The fourth-order valence-corrected chi connectivity index (χ4v) is 3.05. The number of benzene rings is 2. The Kier molecular flexibility index (Phi) is 5.43. The van der Waals surface area contributed by atoms with Crippen LogP contribution in [0.3, 0.4) is 0 Å². The van der Waals surface area contributed by atoms with Crippen molar-refractivity contribution in [1.82, 2.24) is 14.9 Å². The van der Waals surface area contributed by atoms with Gasteiger partial charge in [0.05, 0.1) is 22.3 Å². The highest BCUT2D eigenvalue weighted by Crippen LogP contribution is 2.23. The zero-order valence-corrected chi connectivity index (χ0v) is 15.6. The van der Waals surface area contributed by atoms with Crippen molar-refractivity contribution in [2.45, 2.75) is 6.54 Å². The molecule has 0 aliphatic heterocycles. The van der Waals surface area contributed by atoms with Gasteiger partial charge in [-0.25, -0.2) is 4.98 Å². The number of halogens is 2. The molecule has 0 spiro atoms. The summed E-state index contributed by atoms with van der Waals surface area (Å²) >= 11 is 12.0. The van der Waals surface area contributed by atoms with Gasteiger partial charge in [-0.05, 0) is 36.4 Å². The average Bonchev–Trinajstić information content (AvgIpc) is 2.64. The SMILES string of the molecule is CNC(=O)c1ccc(NC(=O)Cn2cnc3c(Cl)cc(Cl)cc3c2=O)cc1. The Morgan fingerprint density at radius 1 is 1.15 bits per heavy atom. The third-order valence-electron chi connectivity index (χ3n) is 3.82. The van der Waals surface area contributed by atoms with Crippen LogP contribution < -0.4 is 16.2 Å². The van der Waals surface area contributed by atoms with Gasteiger partial charge in [0.1, 0.15) is 6.54 Å². The first-order valence-corrected chi connectivity index (χ1v) is 8.61. The first-order chi connectivity index (χ1) is 12.9. The molecule has 1 aromatic heterocycles. The Hall–Kier alpha value is -2.90. The summed E-state index contributed by atoms with van der Waals surface area (Å²) in [5, 5.41) is 5.99. The van der Waals surface area contributed by atoms with Gasteiger partial charge < -0.3 is 10.6 Å². The summed E-state index contributed by atoms with van der Waals surface area (Å²) in [4.78, 5) is 40.5. The molecular formula is C18H14Cl2N4O3. The first-order valence-electron chi connectivity index (χ1n) is 7.85. The van der Waals surface area contributed by atoms with Crippen LogP contribution in [0.25, 0.3) is 10.9 Å². The van der Waals surface area contributed by atoms with E-state index < -0.39 is 11.5 Å². The van der Waals surface area contributed by atoms with Crippen molar-refractivity contribution in [3.8, 4) is 0 Å². The van der Waals surface area contributed by atoms with Crippen molar-refractivity contribution < 1.29 is 9.59 Å². The molecule has 27 heavy (non-hydrogen) atoms. The Morgan fingerprint density at radius 2 is 1.85 bits per heavy atom. The summed E-state index contributed by atoms with van der Waals surface area (Å²) in [6.07, 6.45) is 1.26. The summed E-state index contributed by atoms with van der Waals surface area (Å²) in [6.45, 7) is -0.233. The molecule has 0 fully saturated rings. The van der Waals surface area contributed by atoms with Crippen LogP contribution in [0.5, 0.6) is 0 Å². The molecule has 2 aromatic carbocycles. The molecule has 2 amide bonds. The normalized spacial score (nSPS) is 10.6. The largest absolute Gasteiger partial charge is 0.355 e. The Morgan fingerprint density at radius 3 is 2.52 bits per heavy atom. The van der Waals surface area contributed by atoms with Crippen molar-refractivity contribution in [2.75, 3.05) is 12.4 Å². The molecule has 7 nitrogen and oxygen atoms in total. The van der Waals surface area contributed by atoms with Crippen LogP contribution in [0.15, 0.2) is 47.5 Å². The summed E-state index contributed by atoms with van der Waals surface area (Å²) in [5.41, 5.74) is 0.877. The van der Waals surface area contributed by atoms with Crippen LogP contribution in [-0.2, 0) is 11.3 Å². The van der Waals surface area contributed by atoms with Gasteiger partial charge >= 0.3 is 0 Å². The average molecular weight is 405 g/mol. The molecule has 0 bridgehead atoms. The molecule has 138 valence electrons. The second kappa shape index (κ2) is 7.77. The van der Waals surface area contributed by atoms with Gasteiger partial charge in [0, 0.05) is 23.3 Å². The van der Waals surface area contributed by atoms with Gasteiger partial charge in [0.15, 0.2) is 0 Å². The van der Waals surface area contributed by atoms with Crippen LogP contribution in [0.4, 0.5) is 5.69 Å². The van der Waals surface area contributed by atoms with Gasteiger partial charge in [-0.3, -0.25) is 19.0 Å². The van der Waals surface area contributed by atoms with E-state index in [1.165, 1.54) is 30.1 Å². The van der Waals surface area contributed by atoms with Crippen LogP contribution >= 0.6 is 23.2 Å². The second-order valence-electron chi connectivity index (χ2n) is 5.67. The highest BCUT2D eigenvalue weighted by atomic mass is 35.5. The molecule has 0 saturated heterocycles. The van der Waals surface area contributed by atoms with Gasteiger partial charge in [-0.2, -0.15) is 0 Å². The van der Waals surface area contributed by atoms with Crippen LogP contribution in [0, 0.1) is 0 Å². The molecule has 9 heteroatoms. The van der Waals surface area contributed by atoms with Crippen molar-refractivity contribution >= 4 is 51.6 Å². The van der Waals surface area contributed by atoms with Crippen molar-refractivity contribution in [1.29, 1.82) is 0 Å². The monoisotopic (exact) mass is 404 g/mol. The number of hydrogen-bond acceptors (Lipinski definition) is 4. The minimum Gasteiger partial charge on any atom is -0.355 e. The Bertz CT molecular complexity index is 1090. The topological polar surface area (TPSA) is 93.1 Å². The number of rotatable bonds is 4. The summed E-state index contributed by atoms with van der Waals surface area (Å²) in [7, 11) is 1.54. The standard InChI is InChI=1S/C18H14Cl2N4O3/c1-21-17(26)10-2-4-12(5-3-10)23-15(25)8-24-9-22-16-13(18(24)27)6-11(19)7-14(16)20/h2-7,9H,8H2,1H3,(H,21,26)(H,23,25). The number of nitrogens with one attached hydrogen (secondary N) is 2. The molecule has 0 radical (unpaired) electrons. The third kappa shape index (κ3) is 4.10. The first kappa shape index (κ1) is 18.9. The minimum atomic E-state index is -0.422. The van der Waals surface area contributed by atoms with E-state index in [9.17, 15) is 14.4 Å². The number of hydrogen-bond donors (Lipinski definition) is 2.